The van der Waals surface area contributed by atoms with E-state index in [0.29, 0.717) is 24.5 Å². The molecule has 3 aliphatic rings. The number of piperidine rings is 1. The number of carbonyl (C=O) groups excluding carboxylic acids is 1. The highest BCUT2D eigenvalue weighted by Gasteiger charge is 2.39. The Kier molecular flexibility index (Phi) is 5.50. The number of nitrogens with one attached hydrogen (secondary N) is 1. The predicted octanol–water partition coefficient (Wildman–Crippen LogP) is 2.80. The standard InChI is InChI=1S/C20H28ClN3O2/c1-14-13-26-9-8-23(14)17-11-19(22-20(25)12-17)24-7-3-6-18(24)15-4-2-5-16(21)10-15/h2,4-5,10,14,17-19H,3,6-9,11-13H2,1H3,(H,22,25)/t14-,17?,18?,19?/m1/s1. The van der Waals surface area contributed by atoms with Crippen molar-refractivity contribution in [1.82, 2.24) is 15.1 Å². The number of carbonyl (C=O) groups is 1. The molecule has 1 aromatic rings. The van der Waals surface area contributed by atoms with Crippen molar-refractivity contribution in [3.8, 4) is 0 Å². The van der Waals surface area contributed by atoms with Crippen molar-refractivity contribution in [2.75, 3.05) is 26.3 Å². The van der Waals surface area contributed by atoms with Crippen LogP contribution in [0.1, 0.15) is 44.2 Å². The van der Waals surface area contributed by atoms with Crippen LogP contribution in [0.15, 0.2) is 24.3 Å². The number of amides is 1. The van der Waals surface area contributed by atoms with Crippen LogP contribution in [0, 0.1) is 0 Å². The number of likely N-dealkylation sites (tertiary alicyclic amines) is 1. The van der Waals surface area contributed by atoms with E-state index in [1.165, 1.54) is 5.56 Å². The van der Waals surface area contributed by atoms with E-state index in [1.807, 2.05) is 12.1 Å². The molecular weight excluding hydrogens is 350 g/mol. The lowest BCUT2D eigenvalue weighted by atomic mass is 9.97. The molecular formula is C20H28ClN3O2. The third-order valence-electron chi connectivity index (χ3n) is 6.06. The molecule has 1 amide bonds. The maximum atomic E-state index is 12.5. The molecule has 3 saturated heterocycles. The lowest BCUT2D eigenvalue weighted by Gasteiger charge is -2.45. The van der Waals surface area contributed by atoms with Crippen molar-refractivity contribution in [2.45, 2.75) is 56.9 Å². The minimum Gasteiger partial charge on any atom is -0.379 e. The normalized spacial score (nSPS) is 34.0. The van der Waals surface area contributed by atoms with Gasteiger partial charge >= 0.3 is 0 Å². The van der Waals surface area contributed by atoms with Gasteiger partial charge in [-0.3, -0.25) is 14.6 Å². The van der Waals surface area contributed by atoms with Gasteiger partial charge in [-0.05, 0) is 43.9 Å². The predicted molar refractivity (Wildman–Crippen MR) is 102 cm³/mol. The molecule has 0 aliphatic carbocycles. The Labute approximate surface area is 160 Å². The molecule has 5 nitrogen and oxygen atoms in total. The summed E-state index contributed by atoms with van der Waals surface area (Å²) in [5.74, 6) is 0.168. The van der Waals surface area contributed by atoms with Crippen LogP contribution in [0.25, 0.3) is 0 Å². The van der Waals surface area contributed by atoms with Crippen molar-refractivity contribution >= 4 is 17.5 Å². The Bertz CT molecular complexity index is 656. The number of hydrogen-bond acceptors (Lipinski definition) is 4. The number of ether oxygens (including phenoxy) is 1. The molecule has 142 valence electrons. The highest BCUT2D eigenvalue weighted by atomic mass is 35.5. The molecule has 3 heterocycles. The average molecular weight is 378 g/mol. The minimum atomic E-state index is 0.0998. The first-order valence-corrected chi connectivity index (χ1v) is 10.1. The first-order valence-electron chi connectivity index (χ1n) is 9.76. The second-order valence-corrected chi connectivity index (χ2v) is 8.23. The quantitative estimate of drug-likeness (QED) is 0.879. The van der Waals surface area contributed by atoms with E-state index in [0.717, 1.165) is 50.6 Å². The molecule has 4 rings (SSSR count). The smallest absolute Gasteiger partial charge is 0.222 e. The molecule has 3 aliphatic heterocycles. The monoisotopic (exact) mass is 377 g/mol. The van der Waals surface area contributed by atoms with Gasteiger partial charge in [-0.2, -0.15) is 0 Å². The van der Waals surface area contributed by atoms with Gasteiger partial charge in [0, 0.05) is 42.7 Å². The van der Waals surface area contributed by atoms with E-state index >= 15 is 0 Å². The summed E-state index contributed by atoms with van der Waals surface area (Å²) in [6, 6.07) is 9.17. The first kappa shape index (κ1) is 18.2. The first-order chi connectivity index (χ1) is 12.6. The summed E-state index contributed by atoms with van der Waals surface area (Å²) in [6.07, 6.45) is 3.94. The number of rotatable bonds is 3. The van der Waals surface area contributed by atoms with Gasteiger partial charge in [0.2, 0.25) is 5.91 Å². The molecule has 3 fully saturated rings. The van der Waals surface area contributed by atoms with E-state index in [1.54, 1.807) is 0 Å². The van der Waals surface area contributed by atoms with Crippen LogP contribution in [0.2, 0.25) is 5.02 Å². The van der Waals surface area contributed by atoms with Crippen molar-refractivity contribution < 1.29 is 9.53 Å². The third-order valence-corrected chi connectivity index (χ3v) is 6.30. The van der Waals surface area contributed by atoms with E-state index < -0.39 is 0 Å². The van der Waals surface area contributed by atoms with E-state index in [4.69, 9.17) is 16.3 Å². The summed E-state index contributed by atoms with van der Waals surface area (Å²) in [5, 5.41) is 4.03. The summed E-state index contributed by atoms with van der Waals surface area (Å²) >= 11 is 6.21. The zero-order valence-electron chi connectivity index (χ0n) is 15.4. The Morgan fingerprint density at radius 1 is 1.27 bits per heavy atom. The van der Waals surface area contributed by atoms with Crippen molar-refractivity contribution in [3.63, 3.8) is 0 Å². The van der Waals surface area contributed by atoms with E-state index in [-0.39, 0.29) is 12.1 Å². The van der Waals surface area contributed by atoms with Crippen molar-refractivity contribution in [2.24, 2.45) is 0 Å². The fourth-order valence-electron chi connectivity index (χ4n) is 4.85. The molecule has 3 unspecified atom stereocenters. The SMILES string of the molecule is C[C@@H]1COCCN1C1CC(=O)NC(N2CCCC2c2cccc(Cl)c2)C1. The fraction of sp³-hybridized carbons (Fsp3) is 0.650. The van der Waals surface area contributed by atoms with Gasteiger partial charge in [-0.1, -0.05) is 23.7 Å². The zero-order chi connectivity index (χ0) is 18.1. The van der Waals surface area contributed by atoms with Crippen LogP contribution in [0.5, 0.6) is 0 Å². The van der Waals surface area contributed by atoms with Gasteiger partial charge in [0.05, 0.1) is 19.4 Å². The average Bonchev–Trinajstić information content (AvgIpc) is 3.11. The van der Waals surface area contributed by atoms with E-state index in [9.17, 15) is 4.79 Å². The summed E-state index contributed by atoms with van der Waals surface area (Å²) < 4.78 is 5.58. The second-order valence-electron chi connectivity index (χ2n) is 7.79. The summed E-state index contributed by atoms with van der Waals surface area (Å²) in [6.45, 7) is 5.67. The second kappa shape index (κ2) is 7.85. The van der Waals surface area contributed by atoms with Gasteiger partial charge < -0.3 is 10.1 Å². The Hall–Kier alpha value is -1.14. The van der Waals surface area contributed by atoms with Gasteiger partial charge in [0.1, 0.15) is 0 Å². The van der Waals surface area contributed by atoms with Crippen LogP contribution in [0.3, 0.4) is 0 Å². The number of morpholine rings is 1. The molecule has 0 bridgehead atoms. The molecule has 6 heteroatoms. The summed E-state index contributed by atoms with van der Waals surface area (Å²) in [5.41, 5.74) is 1.26. The highest BCUT2D eigenvalue weighted by molar-refractivity contribution is 6.30. The Balaban J connectivity index is 1.51. The zero-order valence-corrected chi connectivity index (χ0v) is 16.1. The third kappa shape index (κ3) is 3.77. The summed E-state index contributed by atoms with van der Waals surface area (Å²) in [7, 11) is 0. The molecule has 0 aromatic heterocycles. The van der Waals surface area contributed by atoms with Gasteiger partial charge in [-0.25, -0.2) is 0 Å². The minimum absolute atomic E-state index is 0.0998. The molecule has 0 spiro atoms. The van der Waals surface area contributed by atoms with Crippen molar-refractivity contribution in [3.05, 3.63) is 34.9 Å². The summed E-state index contributed by atoms with van der Waals surface area (Å²) in [4.78, 5) is 17.4. The van der Waals surface area contributed by atoms with Crippen LogP contribution in [-0.2, 0) is 9.53 Å². The molecule has 0 radical (unpaired) electrons. The largest absolute Gasteiger partial charge is 0.379 e. The Morgan fingerprint density at radius 2 is 2.15 bits per heavy atom. The Morgan fingerprint density at radius 3 is 2.96 bits per heavy atom. The topological polar surface area (TPSA) is 44.8 Å². The van der Waals surface area contributed by atoms with Crippen LogP contribution in [0.4, 0.5) is 0 Å². The van der Waals surface area contributed by atoms with Crippen molar-refractivity contribution in [1.29, 1.82) is 0 Å². The van der Waals surface area contributed by atoms with Crippen LogP contribution >= 0.6 is 11.6 Å². The van der Waals surface area contributed by atoms with Crippen LogP contribution in [-0.4, -0.2) is 60.3 Å². The van der Waals surface area contributed by atoms with Gasteiger partial charge in [-0.15, -0.1) is 0 Å². The number of nitrogens with zero attached hydrogens (tertiary/aromatic N) is 2. The molecule has 4 atom stereocenters. The number of benzene rings is 1. The molecule has 1 aromatic carbocycles. The lowest BCUT2D eigenvalue weighted by Crippen LogP contribution is -2.59. The highest BCUT2D eigenvalue weighted by Crippen LogP contribution is 2.36. The maximum absolute atomic E-state index is 12.5. The van der Waals surface area contributed by atoms with E-state index in [2.05, 4.69) is 34.2 Å². The lowest BCUT2D eigenvalue weighted by molar-refractivity contribution is -0.130. The number of hydrogen-bond donors (Lipinski definition) is 1. The molecule has 0 saturated carbocycles. The molecule has 26 heavy (non-hydrogen) atoms. The maximum Gasteiger partial charge on any atom is 0.222 e. The van der Waals surface area contributed by atoms with Gasteiger partial charge in [0.25, 0.3) is 0 Å². The van der Waals surface area contributed by atoms with Crippen LogP contribution < -0.4 is 5.32 Å². The fourth-order valence-corrected chi connectivity index (χ4v) is 5.04. The number of halogens is 1. The van der Waals surface area contributed by atoms with Gasteiger partial charge in [0.15, 0.2) is 0 Å². The molecule has 1 N–H and O–H groups in total.